The lowest BCUT2D eigenvalue weighted by Gasteiger charge is -2.34. The van der Waals surface area contributed by atoms with Crippen LogP contribution in [0.5, 0.6) is 0 Å². The fourth-order valence-electron chi connectivity index (χ4n) is 3.30. The molecule has 0 aromatic heterocycles. The van der Waals surface area contributed by atoms with E-state index in [0.29, 0.717) is 0 Å². The summed E-state index contributed by atoms with van der Waals surface area (Å²) in [6.07, 6.45) is 14.0. The second kappa shape index (κ2) is 9.99. The maximum atomic E-state index is 5.53. The Kier molecular flexibility index (Phi) is 9.44. The Hall–Kier alpha value is 0.690. The van der Waals surface area contributed by atoms with Crippen molar-refractivity contribution in [1.82, 2.24) is 0 Å². The van der Waals surface area contributed by atoms with Gasteiger partial charge in [-0.1, -0.05) is 53.4 Å². The Morgan fingerprint density at radius 1 is 0.565 bits per heavy atom. The summed E-state index contributed by atoms with van der Waals surface area (Å²) in [4.78, 5) is 0. The van der Waals surface area contributed by atoms with Gasteiger partial charge in [0.15, 0.2) is 0 Å². The standard InChI is InChI=1S/C17H40N3P3/c1-7-11-13-14-16-22(6)18-21(5,10-4)19-23(20-22,15-9-3)17-12-8-2/h7-17H2,1-6H3. The van der Waals surface area contributed by atoms with Gasteiger partial charge < -0.3 is 0 Å². The molecule has 0 saturated heterocycles. The van der Waals surface area contributed by atoms with Gasteiger partial charge in [-0.2, -0.15) is 0 Å². The van der Waals surface area contributed by atoms with Gasteiger partial charge in [-0.05, 0) is 38.8 Å². The average molecular weight is 379 g/mol. The Labute approximate surface area is 146 Å². The van der Waals surface area contributed by atoms with Crippen LogP contribution in [-0.4, -0.2) is 38.0 Å². The Bertz CT molecular complexity index is 523. The SMILES string of the molecule is CCCCCCP1(C)=NP(CCC)(CCCC)=NP(C)(CC)=N1. The maximum absolute atomic E-state index is 5.53. The van der Waals surface area contributed by atoms with E-state index in [4.69, 9.17) is 13.5 Å². The molecule has 1 heterocycles. The third-order valence-corrected chi connectivity index (χ3v) is 18.0. The first-order valence-electron chi connectivity index (χ1n) is 9.69. The van der Waals surface area contributed by atoms with E-state index in [1.54, 1.807) is 0 Å². The smallest absolute Gasteiger partial charge is 0.0808 e. The molecular formula is C17H40N3P3. The quantitative estimate of drug-likeness (QED) is 0.255. The average Bonchev–Trinajstić information content (AvgIpc) is 2.49. The van der Waals surface area contributed by atoms with E-state index >= 15 is 0 Å². The molecule has 0 spiro atoms. The highest BCUT2D eigenvalue weighted by Crippen LogP contribution is 2.76. The highest BCUT2D eigenvalue weighted by atomic mass is 31.2. The van der Waals surface area contributed by atoms with E-state index in [1.165, 1.54) is 63.4 Å². The van der Waals surface area contributed by atoms with Gasteiger partial charge >= 0.3 is 0 Å². The molecule has 0 fully saturated rings. The van der Waals surface area contributed by atoms with Crippen molar-refractivity contribution < 1.29 is 0 Å². The molecular weight excluding hydrogens is 339 g/mol. The molecule has 0 aliphatic carbocycles. The molecule has 3 atom stereocenters. The van der Waals surface area contributed by atoms with Crippen molar-refractivity contribution in [2.75, 3.05) is 38.0 Å². The highest BCUT2D eigenvalue weighted by molar-refractivity contribution is 7.86. The van der Waals surface area contributed by atoms with Gasteiger partial charge in [0, 0.05) is 18.5 Å². The molecule has 138 valence electrons. The van der Waals surface area contributed by atoms with Crippen molar-refractivity contribution in [3.63, 3.8) is 0 Å². The van der Waals surface area contributed by atoms with Crippen molar-refractivity contribution >= 4 is 21.6 Å². The fraction of sp³-hybridized carbons (Fsp3) is 1.00. The lowest BCUT2D eigenvalue weighted by molar-refractivity contribution is 0.704. The fourth-order valence-corrected chi connectivity index (χ4v) is 19.5. The number of rotatable bonds is 11. The predicted molar refractivity (Wildman–Crippen MR) is 114 cm³/mol. The van der Waals surface area contributed by atoms with Crippen LogP contribution >= 0.6 is 21.6 Å². The minimum atomic E-state index is -1.48. The summed E-state index contributed by atoms with van der Waals surface area (Å²) in [6, 6.07) is 0. The maximum Gasteiger partial charge on any atom is 0.0808 e. The van der Waals surface area contributed by atoms with E-state index in [-0.39, 0.29) is 0 Å². The zero-order valence-corrected chi connectivity index (χ0v) is 19.1. The molecule has 1 rings (SSSR count). The van der Waals surface area contributed by atoms with Crippen molar-refractivity contribution in [3.05, 3.63) is 0 Å². The van der Waals surface area contributed by atoms with Gasteiger partial charge in [-0.15, -0.1) is 0 Å². The van der Waals surface area contributed by atoms with Crippen molar-refractivity contribution in [2.45, 2.75) is 72.6 Å². The molecule has 1 aliphatic rings. The summed E-state index contributed by atoms with van der Waals surface area (Å²) in [5, 5.41) is 0. The molecule has 1 aliphatic heterocycles. The second-order valence-corrected chi connectivity index (χ2v) is 17.5. The van der Waals surface area contributed by atoms with Crippen LogP contribution < -0.4 is 0 Å². The topological polar surface area (TPSA) is 37.1 Å². The molecule has 3 unspecified atom stereocenters. The van der Waals surface area contributed by atoms with Gasteiger partial charge in [0.05, 0.1) is 21.6 Å². The zero-order valence-electron chi connectivity index (χ0n) is 16.5. The summed E-state index contributed by atoms with van der Waals surface area (Å²) in [5.74, 6) is 0. The number of hydrogen-bond donors (Lipinski definition) is 0. The predicted octanol–water partition coefficient (Wildman–Crippen LogP) is 8.42. The van der Waals surface area contributed by atoms with Gasteiger partial charge in [0.1, 0.15) is 0 Å². The molecule has 0 aromatic rings. The van der Waals surface area contributed by atoms with E-state index in [2.05, 4.69) is 41.0 Å². The monoisotopic (exact) mass is 379 g/mol. The third kappa shape index (κ3) is 6.84. The van der Waals surface area contributed by atoms with Crippen LogP contribution in [0.2, 0.25) is 0 Å². The van der Waals surface area contributed by atoms with Crippen molar-refractivity contribution in [2.24, 2.45) is 13.5 Å². The van der Waals surface area contributed by atoms with Crippen LogP contribution in [0.1, 0.15) is 72.6 Å². The van der Waals surface area contributed by atoms with Crippen LogP contribution in [0.4, 0.5) is 0 Å². The molecule has 0 bridgehead atoms. The van der Waals surface area contributed by atoms with Crippen LogP contribution in [0, 0.1) is 0 Å². The van der Waals surface area contributed by atoms with Gasteiger partial charge in [-0.3, -0.25) is 0 Å². The van der Waals surface area contributed by atoms with E-state index in [9.17, 15) is 0 Å². The zero-order chi connectivity index (χ0) is 17.4. The van der Waals surface area contributed by atoms with Gasteiger partial charge in [0.2, 0.25) is 0 Å². The Balaban J connectivity index is 3.19. The number of unbranched alkanes of at least 4 members (excludes halogenated alkanes) is 4. The molecule has 0 N–H and O–H groups in total. The Morgan fingerprint density at radius 2 is 1.26 bits per heavy atom. The summed E-state index contributed by atoms with van der Waals surface area (Å²) >= 11 is 0. The highest BCUT2D eigenvalue weighted by Gasteiger charge is 2.30. The largest absolute Gasteiger partial charge is 0.241 e. The van der Waals surface area contributed by atoms with E-state index in [1.807, 2.05) is 0 Å². The summed E-state index contributed by atoms with van der Waals surface area (Å²) < 4.78 is 16.3. The minimum absolute atomic E-state index is 1.14. The number of hydrogen-bond acceptors (Lipinski definition) is 3. The first kappa shape index (κ1) is 21.7. The first-order chi connectivity index (χ1) is 10.9. The van der Waals surface area contributed by atoms with Crippen LogP contribution in [0.25, 0.3) is 0 Å². The second-order valence-electron chi connectivity index (χ2n) is 7.23. The minimum Gasteiger partial charge on any atom is -0.241 e. The number of nitrogens with zero attached hydrogens (tertiary/aromatic N) is 3. The lowest BCUT2D eigenvalue weighted by Crippen LogP contribution is -1.99. The first-order valence-corrected chi connectivity index (χ1v) is 16.4. The Morgan fingerprint density at radius 3 is 1.83 bits per heavy atom. The van der Waals surface area contributed by atoms with Crippen molar-refractivity contribution in [1.29, 1.82) is 0 Å². The molecule has 0 aromatic carbocycles. The molecule has 0 amide bonds. The molecule has 3 nitrogen and oxygen atoms in total. The van der Waals surface area contributed by atoms with Gasteiger partial charge in [-0.25, -0.2) is 13.5 Å². The van der Waals surface area contributed by atoms with E-state index in [0.717, 1.165) is 6.16 Å². The molecule has 0 saturated carbocycles. The van der Waals surface area contributed by atoms with Crippen LogP contribution in [0.15, 0.2) is 13.5 Å². The summed E-state index contributed by atoms with van der Waals surface area (Å²) in [7, 11) is -4.40. The molecule has 6 heteroatoms. The lowest BCUT2D eigenvalue weighted by atomic mass is 10.2. The molecule has 23 heavy (non-hydrogen) atoms. The molecule has 0 radical (unpaired) electrons. The van der Waals surface area contributed by atoms with Crippen LogP contribution in [0.3, 0.4) is 0 Å². The third-order valence-electron chi connectivity index (χ3n) is 4.59. The van der Waals surface area contributed by atoms with E-state index < -0.39 is 21.6 Å². The normalized spacial score (nSPS) is 33.7. The van der Waals surface area contributed by atoms with Gasteiger partial charge in [0.25, 0.3) is 0 Å². The van der Waals surface area contributed by atoms with Crippen molar-refractivity contribution in [3.8, 4) is 0 Å². The van der Waals surface area contributed by atoms with Crippen LogP contribution in [-0.2, 0) is 0 Å². The summed E-state index contributed by atoms with van der Waals surface area (Å²) in [6.45, 7) is 14.0. The summed E-state index contributed by atoms with van der Waals surface area (Å²) in [5.41, 5.74) is 0.